The maximum absolute atomic E-state index is 13.2. The lowest BCUT2D eigenvalue weighted by Gasteiger charge is -2.17. The van der Waals surface area contributed by atoms with Crippen LogP contribution in [-0.2, 0) is 11.2 Å². The van der Waals surface area contributed by atoms with E-state index in [-0.39, 0.29) is 5.56 Å². The molecule has 5 rings (SSSR count). The number of carboxylic acids is 1. The topological polar surface area (TPSA) is 101 Å². The van der Waals surface area contributed by atoms with Crippen LogP contribution in [0.1, 0.15) is 17.2 Å². The summed E-state index contributed by atoms with van der Waals surface area (Å²) in [6.45, 7) is 0. The number of thioether (sulfide) groups is 1. The van der Waals surface area contributed by atoms with Crippen LogP contribution in [-0.4, -0.2) is 36.8 Å². The van der Waals surface area contributed by atoms with Crippen molar-refractivity contribution in [3.8, 4) is 11.3 Å². The molecule has 3 heterocycles. The van der Waals surface area contributed by atoms with E-state index in [0.717, 1.165) is 27.5 Å². The summed E-state index contributed by atoms with van der Waals surface area (Å²) < 4.78 is 1.71. The second-order valence-corrected chi connectivity index (χ2v) is 8.78. The van der Waals surface area contributed by atoms with Crippen molar-refractivity contribution in [3.05, 3.63) is 74.6 Å². The third kappa shape index (κ3) is 2.96. The van der Waals surface area contributed by atoms with Crippen LogP contribution in [0.2, 0.25) is 0 Å². The Bertz CT molecular complexity index is 1350. The van der Waals surface area contributed by atoms with Gasteiger partial charge in [0.15, 0.2) is 0 Å². The van der Waals surface area contributed by atoms with E-state index in [9.17, 15) is 14.7 Å². The fourth-order valence-electron chi connectivity index (χ4n) is 3.91. The van der Waals surface area contributed by atoms with Gasteiger partial charge in [-0.1, -0.05) is 42.5 Å². The zero-order chi connectivity index (χ0) is 20.8. The number of hydrogen-bond donors (Lipinski definition) is 2. The highest BCUT2D eigenvalue weighted by atomic mass is 79.9. The number of H-pyrrole nitrogens is 1. The number of nitrogens with one attached hydrogen (secondary N) is 1. The lowest BCUT2D eigenvalue weighted by atomic mass is 9.95. The zero-order valence-corrected chi connectivity index (χ0v) is 17.9. The first-order valence-electron chi connectivity index (χ1n) is 9.21. The fraction of sp³-hybridized carbons (Fsp3) is 0.143. The highest BCUT2D eigenvalue weighted by molar-refractivity contribution is 9.10. The minimum absolute atomic E-state index is 0.291. The molecule has 0 unspecified atom stereocenters. The van der Waals surface area contributed by atoms with Crippen molar-refractivity contribution >= 4 is 44.4 Å². The van der Waals surface area contributed by atoms with E-state index in [0.29, 0.717) is 27.4 Å². The maximum Gasteiger partial charge on any atom is 0.327 e. The predicted molar refractivity (Wildman–Crippen MR) is 118 cm³/mol. The number of aliphatic carboxylic acids is 1. The number of fused-ring (bicyclic) bond motifs is 2. The molecule has 2 aromatic carbocycles. The standard InChI is InChI=1S/C21H15BrN4O3S/c22-18-14(8-12-6-3-5-11-4-1-2-7-13(11)12)17(15-9-23-25-24-15)20-26(19(18)27)16(10-30-20)21(28)29/h1-7,9,16H,8,10H2,(H,28,29)(H,23,24,25)/t16-/m0/s1. The molecule has 7 nitrogen and oxygen atoms in total. The normalized spacial score (nSPS) is 15.4. The van der Waals surface area contributed by atoms with Crippen LogP contribution >= 0.6 is 27.7 Å². The maximum atomic E-state index is 13.2. The van der Waals surface area contributed by atoms with Crippen LogP contribution in [0.15, 0.2) is 63.0 Å². The number of aromatic amines is 1. The molecule has 0 saturated heterocycles. The number of pyridine rings is 1. The van der Waals surface area contributed by atoms with E-state index in [2.05, 4.69) is 49.5 Å². The quantitative estimate of drug-likeness (QED) is 0.457. The lowest BCUT2D eigenvalue weighted by molar-refractivity contribution is -0.140. The summed E-state index contributed by atoms with van der Waals surface area (Å²) in [6, 6.07) is 13.3. The summed E-state index contributed by atoms with van der Waals surface area (Å²) in [5.74, 6) is -0.734. The van der Waals surface area contributed by atoms with Crippen molar-refractivity contribution in [3.63, 3.8) is 0 Å². The molecule has 0 aliphatic carbocycles. The molecule has 0 radical (unpaired) electrons. The van der Waals surface area contributed by atoms with Crippen molar-refractivity contribution in [2.24, 2.45) is 0 Å². The first-order valence-corrected chi connectivity index (χ1v) is 11.0. The van der Waals surface area contributed by atoms with Crippen LogP contribution in [0.4, 0.5) is 0 Å². The molecule has 0 bridgehead atoms. The molecule has 0 saturated carbocycles. The number of benzene rings is 2. The molecule has 30 heavy (non-hydrogen) atoms. The monoisotopic (exact) mass is 482 g/mol. The summed E-state index contributed by atoms with van der Waals surface area (Å²) in [7, 11) is 0. The van der Waals surface area contributed by atoms with Gasteiger partial charge in [-0.2, -0.15) is 15.4 Å². The van der Waals surface area contributed by atoms with Crippen LogP contribution in [0.3, 0.4) is 0 Å². The highest BCUT2D eigenvalue weighted by Gasteiger charge is 2.35. The molecule has 1 atom stereocenters. The SMILES string of the molecule is O=C(O)[C@@H]1CSc2c(-c3cn[nH]n3)c(Cc3cccc4ccccc34)c(Br)c(=O)n21. The third-order valence-electron chi connectivity index (χ3n) is 5.30. The molecular weight excluding hydrogens is 468 g/mol. The van der Waals surface area contributed by atoms with Gasteiger partial charge in [0, 0.05) is 17.7 Å². The minimum Gasteiger partial charge on any atom is -0.480 e. The molecule has 0 fully saturated rings. The summed E-state index contributed by atoms with van der Waals surface area (Å²) in [5.41, 5.74) is 2.81. The van der Waals surface area contributed by atoms with E-state index in [1.54, 1.807) is 6.20 Å². The number of halogens is 1. The van der Waals surface area contributed by atoms with E-state index >= 15 is 0 Å². The number of nitrogens with zero attached hydrogens (tertiary/aromatic N) is 3. The minimum atomic E-state index is -1.02. The van der Waals surface area contributed by atoms with Crippen LogP contribution in [0, 0.1) is 0 Å². The second-order valence-electron chi connectivity index (χ2n) is 6.98. The van der Waals surface area contributed by atoms with Crippen LogP contribution in [0.25, 0.3) is 22.0 Å². The van der Waals surface area contributed by atoms with Gasteiger partial charge in [-0.3, -0.25) is 9.36 Å². The van der Waals surface area contributed by atoms with Gasteiger partial charge >= 0.3 is 5.97 Å². The van der Waals surface area contributed by atoms with Crippen molar-refractivity contribution < 1.29 is 9.90 Å². The number of carboxylic acid groups (broad SMARTS) is 1. The zero-order valence-electron chi connectivity index (χ0n) is 15.5. The summed E-state index contributed by atoms with van der Waals surface area (Å²) in [4.78, 5) is 24.9. The Labute approximate surface area is 183 Å². The Balaban J connectivity index is 1.78. The van der Waals surface area contributed by atoms with Gasteiger partial charge in [-0.25, -0.2) is 4.79 Å². The lowest BCUT2D eigenvalue weighted by Crippen LogP contribution is -2.30. The van der Waals surface area contributed by atoms with Gasteiger partial charge in [-0.15, -0.1) is 11.8 Å². The summed E-state index contributed by atoms with van der Waals surface area (Å²) >= 11 is 4.83. The molecule has 2 aromatic heterocycles. The molecule has 0 amide bonds. The Kier molecular flexibility index (Phi) is 4.71. The Morgan fingerprint density at radius 2 is 2.07 bits per heavy atom. The average Bonchev–Trinajstić information content (AvgIpc) is 3.43. The van der Waals surface area contributed by atoms with Gasteiger partial charge in [0.25, 0.3) is 5.56 Å². The molecule has 150 valence electrons. The summed E-state index contributed by atoms with van der Waals surface area (Å²) in [5, 5.41) is 23.2. The van der Waals surface area contributed by atoms with Gasteiger partial charge < -0.3 is 5.11 Å². The fourth-order valence-corrected chi connectivity index (χ4v) is 5.77. The molecule has 4 aromatic rings. The number of hydrogen-bond acceptors (Lipinski definition) is 5. The molecule has 1 aliphatic heterocycles. The second kappa shape index (κ2) is 7.41. The Morgan fingerprint density at radius 1 is 1.27 bits per heavy atom. The highest BCUT2D eigenvalue weighted by Crippen LogP contribution is 2.43. The van der Waals surface area contributed by atoms with Gasteiger partial charge in [0.1, 0.15) is 11.7 Å². The molecular formula is C21H15BrN4O3S. The van der Waals surface area contributed by atoms with Crippen LogP contribution < -0.4 is 5.56 Å². The van der Waals surface area contributed by atoms with Crippen molar-refractivity contribution in [1.82, 2.24) is 20.0 Å². The van der Waals surface area contributed by atoms with E-state index in [4.69, 9.17) is 0 Å². The molecule has 2 N–H and O–H groups in total. The van der Waals surface area contributed by atoms with Gasteiger partial charge in [0.2, 0.25) is 0 Å². The summed E-state index contributed by atoms with van der Waals surface area (Å²) in [6.07, 6.45) is 2.08. The first-order chi connectivity index (χ1) is 14.6. The Hall–Kier alpha value is -2.91. The Morgan fingerprint density at radius 3 is 2.83 bits per heavy atom. The molecule has 9 heteroatoms. The first kappa shape index (κ1) is 19.1. The number of aromatic nitrogens is 4. The number of carbonyl (C=O) groups is 1. The van der Waals surface area contributed by atoms with E-state index in [1.807, 2.05) is 24.3 Å². The van der Waals surface area contributed by atoms with Crippen molar-refractivity contribution in [2.45, 2.75) is 17.5 Å². The van der Waals surface area contributed by atoms with E-state index in [1.165, 1.54) is 16.3 Å². The smallest absolute Gasteiger partial charge is 0.327 e. The van der Waals surface area contributed by atoms with Crippen molar-refractivity contribution in [1.29, 1.82) is 0 Å². The van der Waals surface area contributed by atoms with Gasteiger partial charge in [-0.05, 0) is 37.8 Å². The largest absolute Gasteiger partial charge is 0.480 e. The molecule has 0 spiro atoms. The number of rotatable bonds is 4. The van der Waals surface area contributed by atoms with Gasteiger partial charge in [0.05, 0.1) is 15.7 Å². The van der Waals surface area contributed by atoms with Crippen molar-refractivity contribution in [2.75, 3.05) is 5.75 Å². The van der Waals surface area contributed by atoms with E-state index < -0.39 is 12.0 Å². The average molecular weight is 483 g/mol. The van der Waals surface area contributed by atoms with Crippen LogP contribution in [0.5, 0.6) is 0 Å². The predicted octanol–water partition coefficient (Wildman–Crippen LogP) is 3.87. The molecule has 1 aliphatic rings. The third-order valence-corrected chi connectivity index (χ3v) is 7.27.